The largest absolute Gasteiger partial charge is 0.352 e. The van der Waals surface area contributed by atoms with Crippen LogP contribution in [0.1, 0.15) is 19.4 Å². The van der Waals surface area contributed by atoms with Gasteiger partial charge in [-0.1, -0.05) is 25.1 Å². The Balaban J connectivity index is 1.93. The van der Waals surface area contributed by atoms with Crippen molar-refractivity contribution in [2.24, 2.45) is 5.92 Å². The van der Waals surface area contributed by atoms with Crippen LogP contribution in [0, 0.1) is 5.92 Å². The monoisotopic (exact) mass is 283 g/mol. The summed E-state index contributed by atoms with van der Waals surface area (Å²) in [4.78, 5) is 13.4. The molecular formula is C14H18ClNOS. The van der Waals surface area contributed by atoms with Crippen molar-refractivity contribution in [1.29, 1.82) is 0 Å². The Bertz CT molecular complexity index is 413. The molecule has 1 aliphatic heterocycles. The summed E-state index contributed by atoms with van der Waals surface area (Å²) in [6, 6.07) is 8.35. The van der Waals surface area contributed by atoms with Gasteiger partial charge in [0.1, 0.15) is 0 Å². The number of alkyl halides is 1. The van der Waals surface area contributed by atoms with Gasteiger partial charge in [-0.3, -0.25) is 4.79 Å². The van der Waals surface area contributed by atoms with Crippen LogP contribution in [0.5, 0.6) is 0 Å². The average molecular weight is 284 g/mol. The molecule has 1 aromatic rings. The Hall–Kier alpha value is -0.670. The lowest BCUT2D eigenvalue weighted by Gasteiger charge is -2.20. The number of carbonyl (C=O) groups is 1. The van der Waals surface area contributed by atoms with Crippen molar-refractivity contribution in [2.45, 2.75) is 36.5 Å². The van der Waals surface area contributed by atoms with E-state index in [-0.39, 0.29) is 17.2 Å². The van der Waals surface area contributed by atoms with Crippen LogP contribution in [0.25, 0.3) is 0 Å². The summed E-state index contributed by atoms with van der Waals surface area (Å²) in [5, 5.41) is 3.07. The van der Waals surface area contributed by atoms with Gasteiger partial charge in [-0.05, 0) is 30.9 Å². The molecule has 0 aromatic heterocycles. The molecular weight excluding hydrogens is 266 g/mol. The van der Waals surface area contributed by atoms with Gasteiger partial charge < -0.3 is 5.32 Å². The van der Waals surface area contributed by atoms with E-state index in [9.17, 15) is 4.79 Å². The normalized spacial score (nSPS) is 21.2. The van der Waals surface area contributed by atoms with Gasteiger partial charge in [0, 0.05) is 16.8 Å². The standard InChI is InChI=1S/C14H18ClNOS/c1-9(8-15)10(2)16-14(17)13-7-11-5-3-4-6-12(11)18-13/h3-6,9-10,13H,7-8H2,1-2H3,(H,16,17). The van der Waals surface area contributed by atoms with Crippen molar-refractivity contribution in [3.8, 4) is 0 Å². The van der Waals surface area contributed by atoms with E-state index in [1.807, 2.05) is 19.1 Å². The number of benzene rings is 1. The lowest BCUT2D eigenvalue weighted by atomic mass is 10.1. The Morgan fingerprint density at radius 1 is 1.50 bits per heavy atom. The van der Waals surface area contributed by atoms with Gasteiger partial charge in [-0.15, -0.1) is 23.4 Å². The minimum Gasteiger partial charge on any atom is -0.352 e. The fourth-order valence-corrected chi connectivity index (χ4v) is 3.39. The van der Waals surface area contributed by atoms with E-state index in [4.69, 9.17) is 11.6 Å². The highest BCUT2D eigenvalue weighted by Crippen LogP contribution is 2.36. The predicted molar refractivity (Wildman–Crippen MR) is 77.3 cm³/mol. The first-order valence-corrected chi connectivity index (χ1v) is 7.64. The highest BCUT2D eigenvalue weighted by atomic mass is 35.5. The number of rotatable bonds is 4. The molecule has 2 nitrogen and oxygen atoms in total. The van der Waals surface area contributed by atoms with Gasteiger partial charge in [0.2, 0.25) is 5.91 Å². The summed E-state index contributed by atoms with van der Waals surface area (Å²) in [5.74, 6) is 0.990. The molecule has 18 heavy (non-hydrogen) atoms. The first-order chi connectivity index (χ1) is 8.61. The Labute approximate surface area is 117 Å². The third kappa shape index (κ3) is 3.01. The number of halogens is 1. The number of nitrogens with one attached hydrogen (secondary N) is 1. The van der Waals surface area contributed by atoms with E-state index in [2.05, 4.69) is 24.4 Å². The molecule has 0 saturated heterocycles. The number of fused-ring (bicyclic) bond motifs is 1. The summed E-state index contributed by atoms with van der Waals surface area (Å²) in [6.45, 7) is 4.06. The van der Waals surface area contributed by atoms with Gasteiger partial charge in [0.15, 0.2) is 0 Å². The van der Waals surface area contributed by atoms with Gasteiger partial charge >= 0.3 is 0 Å². The molecule has 0 fully saturated rings. The van der Waals surface area contributed by atoms with Crippen LogP contribution < -0.4 is 5.32 Å². The molecule has 1 N–H and O–H groups in total. The topological polar surface area (TPSA) is 29.1 Å². The molecule has 98 valence electrons. The molecule has 1 aliphatic rings. The first kappa shape index (κ1) is 13.8. The Kier molecular flexibility index (Phi) is 4.57. The number of carbonyl (C=O) groups excluding carboxylic acids is 1. The first-order valence-electron chi connectivity index (χ1n) is 6.22. The van der Waals surface area contributed by atoms with Crippen molar-refractivity contribution in [1.82, 2.24) is 5.32 Å². The second-order valence-corrected chi connectivity index (χ2v) is 6.40. The van der Waals surface area contributed by atoms with Crippen LogP contribution in [-0.2, 0) is 11.2 Å². The maximum atomic E-state index is 12.2. The molecule has 1 heterocycles. The molecule has 0 aliphatic carbocycles. The van der Waals surface area contributed by atoms with E-state index in [1.165, 1.54) is 10.5 Å². The van der Waals surface area contributed by atoms with Crippen LogP contribution in [-0.4, -0.2) is 23.1 Å². The molecule has 0 bridgehead atoms. The van der Waals surface area contributed by atoms with Gasteiger partial charge in [-0.25, -0.2) is 0 Å². The zero-order valence-electron chi connectivity index (χ0n) is 10.7. The minimum absolute atomic E-state index is 0.00683. The molecule has 2 rings (SSSR count). The molecule has 0 saturated carbocycles. The van der Waals surface area contributed by atoms with E-state index in [0.29, 0.717) is 11.8 Å². The summed E-state index contributed by atoms with van der Waals surface area (Å²) in [7, 11) is 0. The second kappa shape index (κ2) is 5.98. The predicted octanol–water partition coefficient (Wildman–Crippen LogP) is 3.08. The van der Waals surface area contributed by atoms with Crippen LogP contribution in [0.4, 0.5) is 0 Å². The van der Waals surface area contributed by atoms with Crippen molar-refractivity contribution < 1.29 is 4.79 Å². The Morgan fingerprint density at radius 2 is 2.22 bits per heavy atom. The lowest BCUT2D eigenvalue weighted by Crippen LogP contribution is -2.42. The summed E-state index contributed by atoms with van der Waals surface area (Å²) in [6.07, 6.45) is 0.828. The van der Waals surface area contributed by atoms with Crippen LogP contribution in [0.3, 0.4) is 0 Å². The number of hydrogen-bond donors (Lipinski definition) is 1. The minimum atomic E-state index is 0.00683. The number of thioether (sulfide) groups is 1. The summed E-state index contributed by atoms with van der Waals surface area (Å²) in [5.41, 5.74) is 1.28. The number of hydrogen-bond acceptors (Lipinski definition) is 2. The van der Waals surface area contributed by atoms with Gasteiger partial charge in [-0.2, -0.15) is 0 Å². The molecule has 0 spiro atoms. The van der Waals surface area contributed by atoms with Crippen molar-refractivity contribution in [3.63, 3.8) is 0 Å². The zero-order valence-corrected chi connectivity index (χ0v) is 12.2. The SMILES string of the molecule is CC(CCl)C(C)NC(=O)C1Cc2ccccc2S1. The molecule has 3 atom stereocenters. The third-order valence-corrected chi connectivity index (χ3v) is 5.21. The van der Waals surface area contributed by atoms with Crippen LogP contribution in [0.15, 0.2) is 29.2 Å². The quantitative estimate of drug-likeness (QED) is 0.861. The van der Waals surface area contributed by atoms with E-state index >= 15 is 0 Å². The molecule has 0 radical (unpaired) electrons. The van der Waals surface area contributed by atoms with Gasteiger partial charge in [0.25, 0.3) is 0 Å². The number of amides is 1. The molecule has 3 unspecified atom stereocenters. The van der Waals surface area contributed by atoms with Crippen molar-refractivity contribution in [2.75, 3.05) is 5.88 Å². The highest BCUT2D eigenvalue weighted by Gasteiger charge is 2.29. The fourth-order valence-electron chi connectivity index (χ4n) is 1.92. The van der Waals surface area contributed by atoms with Crippen molar-refractivity contribution in [3.05, 3.63) is 29.8 Å². The van der Waals surface area contributed by atoms with Crippen LogP contribution >= 0.6 is 23.4 Å². The molecule has 1 aromatic carbocycles. The van der Waals surface area contributed by atoms with Gasteiger partial charge in [0.05, 0.1) is 5.25 Å². The Morgan fingerprint density at radius 3 is 2.89 bits per heavy atom. The van der Waals surface area contributed by atoms with E-state index < -0.39 is 0 Å². The summed E-state index contributed by atoms with van der Waals surface area (Å²) >= 11 is 7.47. The molecule has 4 heteroatoms. The lowest BCUT2D eigenvalue weighted by molar-refractivity contribution is -0.121. The summed E-state index contributed by atoms with van der Waals surface area (Å²) < 4.78 is 0. The fraction of sp³-hybridized carbons (Fsp3) is 0.500. The maximum absolute atomic E-state index is 12.2. The maximum Gasteiger partial charge on any atom is 0.234 e. The smallest absolute Gasteiger partial charge is 0.234 e. The van der Waals surface area contributed by atoms with Crippen molar-refractivity contribution >= 4 is 29.3 Å². The van der Waals surface area contributed by atoms with Crippen LogP contribution in [0.2, 0.25) is 0 Å². The van der Waals surface area contributed by atoms with E-state index in [1.54, 1.807) is 11.8 Å². The van der Waals surface area contributed by atoms with E-state index in [0.717, 1.165) is 6.42 Å². The average Bonchev–Trinajstić information content (AvgIpc) is 2.81. The second-order valence-electron chi connectivity index (χ2n) is 4.85. The third-order valence-electron chi connectivity index (χ3n) is 3.41. The highest BCUT2D eigenvalue weighted by molar-refractivity contribution is 8.01. The molecule has 1 amide bonds. The zero-order chi connectivity index (χ0) is 13.1.